The molecule has 0 bridgehead atoms. The van der Waals surface area contributed by atoms with Crippen LogP contribution in [0, 0.1) is 0 Å². The number of carbonyl (C=O) groups excluding carboxylic acids is 2. The van der Waals surface area contributed by atoms with E-state index >= 15 is 0 Å². The SMILES string of the molecule is COc1cc(CCC(=O)O[C@@H](C(=O)NC2CC2)c2ccccc2)cc(OC)c1OC. The summed E-state index contributed by atoms with van der Waals surface area (Å²) in [7, 11) is 4.62. The van der Waals surface area contributed by atoms with Crippen molar-refractivity contribution in [1.29, 1.82) is 0 Å². The van der Waals surface area contributed by atoms with E-state index < -0.39 is 12.1 Å². The third-order valence-electron chi connectivity index (χ3n) is 4.86. The zero-order chi connectivity index (χ0) is 21.5. The van der Waals surface area contributed by atoms with Crippen LogP contribution in [-0.2, 0) is 20.7 Å². The van der Waals surface area contributed by atoms with Crippen LogP contribution in [0.1, 0.15) is 36.5 Å². The molecule has 30 heavy (non-hydrogen) atoms. The lowest BCUT2D eigenvalue weighted by atomic mass is 10.1. The Morgan fingerprint density at radius 1 is 1.00 bits per heavy atom. The van der Waals surface area contributed by atoms with Crippen molar-refractivity contribution in [3.05, 3.63) is 53.6 Å². The fourth-order valence-electron chi connectivity index (χ4n) is 3.12. The van der Waals surface area contributed by atoms with Crippen LogP contribution in [0.5, 0.6) is 17.2 Å². The van der Waals surface area contributed by atoms with E-state index in [9.17, 15) is 9.59 Å². The third-order valence-corrected chi connectivity index (χ3v) is 4.86. The fourth-order valence-corrected chi connectivity index (χ4v) is 3.12. The van der Waals surface area contributed by atoms with Gasteiger partial charge in [0.2, 0.25) is 11.9 Å². The number of esters is 1. The van der Waals surface area contributed by atoms with E-state index in [1.807, 2.05) is 18.2 Å². The van der Waals surface area contributed by atoms with Gasteiger partial charge in [-0.25, -0.2) is 0 Å². The number of nitrogens with one attached hydrogen (secondary N) is 1. The van der Waals surface area contributed by atoms with Crippen LogP contribution in [0.25, 0.3) is 0 Å². The quantitative estimate of drug-likeness (QED) is 0.603. The smallest absolute Gasteiger partial charge is 0.307 e. The largest absolute Gasteiger partial charge is 0.493 e. The summed E-state index contributed by atoms with van der Waals surface area (Å²) in [6.07, 6.45) is 1.48. The maximum absolute atomic E-state index is 12.6. The first-order valence-electron chi connectivity index (χ1n) is 9.89. The first-order chi connectivity index (χ1) is 14.5. The van der Waals surface area contributed by atoms with E-state index in [-0.39, 0.29) is 18.4 Å². The Labute approximate surface area is 176 Å². The van der Waals surface area contributed by atoms with Gasteiger partial charge in [0, 0.05) is 18.0 Å². The van der Waals surface area contributed by atoms with E-state index in [2.05, 4.69) is 5.32 Å². The van der Waals surface area contributed by atoms with Gasteiger partial charge in [-0.15, -0.1) is 0 Å². The molecule has 1 saturated carbocycles. The van der Waals surface area contributed by atoms with E-state index in [0.717, 1.165) is 18.4 Å². The molecule has 160 valence electrons. The Morgan fingerprint density at radius 2 is 1.63 bits per heavy atom. The molecule has 3 rings (SSSR count). The second-order valence-electron chi connectivity index (χ2n) is 7.10. The van der Waals surface area contributed by atoms with Gasteiger partial charge in [0.05, 0.1) is 21.3 Å². The molecule has 1 N–H and O–H groups in total. The molecule has 1 amide bonds. The molecule has 2 aromatic carbocycles. The molecular weight excluding hydrogens is 386 g/mol. The summed E-state index contributed by atoms with van der Waals surface area (Å²) in [5.41, 5.74) is 1.48. The van der Waals surface area contributed by atoms with Gasteiger partial charge in [0.15, 0.2) is 11.5 Å². The summed E-state index contributed by atoms with van der Waals surface area (Å²) >= 11 is 0. The minimum absolute atomic E-state index is 0.110. The molecule has 0 saturated heterocycles. The first kappa shape index (κ1) is 21.5. The summed E-state index contributed by atoms with van der Waals surface area (Å²) in [6.45, 7) is 0. The highest BCUT2D eigenvalue weighted by Gasteiger charge is 2.30. The number of amides is 1. The van der Waals surface area contributed by atoms with E-state index in [0.29, 0.717) is 29.2 Å². The molecule has 1 aliphatic rings. The summed E-state index contributed by atoms with van der Waals surface area (Å²) in [5.74, 6) is 0.790. The van der Waals surface area contributed by atoms with E-state index in [4.69, 9.17) is 18.9 Å². The molecule has 7 heteroatoms. The van der Waals surface area contributed by atoms with E-state index in [1.54, 1.807) is 24.3 Å². The minimum atomic E-state index is -0.959. The van der Waals surface area contributed by atoms with E-state index in [1.165, 1.54) is 21.3 Å². The third kappa shape index (κ3) is 5.43. The van der Waals surface area contributed by atoms with Gasteiger partial charge >= 0.3 is 5.97 Å². The van der Waals surface area contributed by atoms with Gasteiger partial charge in [-0.1, -0.05) is 30.3 Å². The number of carbonyl (C=O) groups is 2. The predicted octanol–water partition coefficient (Wildman–Crippen LogP) is 3.21. The van der Waals surface area contributed by atoms with Crippen molar-refractivity contribution in [3.63, 3.8) is 0 Å². The lowest BCUT2D eigenvalue weighted by molar-refractivity contribution is -0.156. The summed E-state index contributed by atoms with van der Waals surface area (Å²) in [4.78, 5) is 25.2. The highest BCUT2D eigenvalue weighted by molar-refractivity contribution is 5.85. The molecule has 0 heterocycles. The highest BCUT2D eigenvalue weighted by Crippen LogP contribution is 2.38. The molecule has 0 aromatic heterocycles. The Kier molecular flexibility index (Phi) is 7.17. The molecule has 1 atom stereocenters. The lowest BCUT2D eigenvalue weighted by Gasteiger charge is -2.18. The zero-order valence-corrected chi connectivity index (χ0v) is 17.5. The lowest BCUT2D eigenvalue weighted by Crippen LogP contribution is -2.33. The molecule has 7 nitrogen and oxygen atoms in total. The number of hydrogen-bond donors (Lipinski definition) is 1. The summed E-state index contributed by atoms with van der Waals surface area (Å²) in [5, 5.41) is 2.91. The Morgan fingerprint density at radius 3 is 2.17 bits per heavy atom. The van der Waals surface area contributed by atoms with Crippen molar-refractivity contribution in [2.24, 2.45) is 0 Å². The molecule has 1 aliphatic carbocycles. The number of rotatable bonds is 10. The van der Waals surface area contributed by atoms with Crippen molar-refractivity contribution in [3.8, 4) is 17.2 Å². The van der Waals surface area contributed by atoms with Gasteiger partial charge in [-0.3, -0.25) is 9.59 Å². The van der Waals surface area contributed by atoms with Crippen molar-refractivity contribution >= 4 is 11.9 Å². The van der Waals surface area contributed by atoms with Crippen molar-refractivity contribution in [2.45, 2.75) is 37.8 Å². The maximum atomic E-state index is 12.6. The Balaban J connectivity index is 1.67. The number of hydrogen-bond acceptors (Lipinski definition) is 6. The molecule has 0 aliphatic heterocycles. The highest BCUT2D eigenvalue weighted by atomic mass is 16.5. The van der Waals surface area contributed by atoms with Gasteiger partial charge in [-0.2, -0.15) is 0 Å². The second-order valence-corrected chi connectivity index (χ2v) is 7.10. The molecule has 2 aromatic rings. The standard InChI is InChI=1S/C23H27NO6/c1-27-18-13-15(14-19(28-2)22(18)29-3)9-12-20(25)30-21(16-7-5-4-6-8-16)23(26)24-17-10-11-17/h4-8,13-14,17,21H,9-12H2,1-3H3,(H,24,26)/t21-/m1/s1. The Hall–Kier alpha value is -3.22. The molecule has 1 fully saturated rings. The Bertz CT molecular complexity index is 854. The average molecular weight is 413 g/mol. The number of methoxy groups -OCH3 is 3. The topological polar surface area (TPSA) is 83.1 Å². The number of ether oxygens (including phenoxy) is 4. The first-order valence-corrected chi connectivity index (χ1v) is 9.89. The average Bonchev–Trinajstić information content (AvgIpc) is 3.59. The van der Waals surface area contributed by atoms with Crippen LogP contribution < -0.4 is 19.5 Å². The molecule has 0 unspecified atom stereocenters. The number of aryl methyl sites for hydroxylation is 1. The monoisotopic (exact) mass is 413 g/mol. The van der Waals surface area contributed by atoms with Crippen LogP contribution in [0.2, 0.25) is 0 Å². The summed E-state index contributed by atoms with van der Waals surface area (Å²) < 4.78 is 21.6. The predicted molar refractivity (Wildman–Crippen MR) is 111 cm³/mol. The summed E-state index contributed by atoms with van der Waals surface area (Å²) in [6, 6.07) is 12.8. The van der Waals surface area contributed by atoms with Gasteiger partial charge in [-0.05, 0) is 37.0 Å². The van der Waals surface area contributed by atoms with Crippen LogP contribution in [-0.4, -0.2) is 39.2 Å². The van der Waals surface area contributed by atoms with Gasteiger partial charge in [0.25, 0.3) is 5.91 Å². The van der Waals surface area contributed by atoms with Gasteiger partial charge < -0.3 is 24.3 Å². The molecule has 0 radical (unpaired) electrons. The molecule has 0 spiro atoms. The van der Waals surface area contributed by atoms with Crippen LogP contribution in [0.4, 0.5) is 0 Å². The molecular formula is C23H27NO6. The van der Waals surface area contributed by atoms with Gasteiger partial charge in [0.1, 0.15) is 0 Å². The normalized spacial score (nSPS) is 13.8. The van der Waals surface area contributed by atoms with Crippen molar-refractivity contribution in [2.75, 3.05) is 21.3 Å². The van der Waals surface area contributed by atoms with Crippen LogP contribution >= 0.6 is 0 Å². The number of benzene rings is 2. The zero-order valence-electron chi connectivity index (χ0n) is 17.5. The second kappa shape index (κ2) is 10.0. The minimum Gasteiger partial charge on any atom is -0.493 e. The van der Waals surface area contributed by atoms with Crippen LogP contribution in [0.15, 0.2) is 42.5 Å². The van der Waals surface area contributed by atoms with Crippen molar-refractivity contribution in [1.82, 2.24) is 5.32 Å². The fraction of sp³-hybridized carbons (Fsp3) is 0.391. The van der Waals surface area contributed by atoms with Crippen molar-refractivity contribution < 1.29 is 28.5 Å². The van der Waals surface area contributed by atoms with Crippen LogP contribution in [0.3, 0.4) is 0 Å². The maximum Gasteiger partial charge on any atom is 0.307 e.